The second-order valence-corrected chi connectivity index (χ2v) is 3.27. The predicted octanol–water partition coefficient (Wildman–Crippen LogP) is 2.46. The van der Waals surface area contributed by atoms with Crippen molar-refractivity contribution in [3.05, 3.63) is 0 Å². The highest BCUT2D eigenvalue weighted by Gasteiger charge is 1.92. The van der Waals surface area contributed by atoms with Crippen LogP contribution in [0.3, 0.4) is 0 Å². The van der Waals surface area contributed by atoms with Crippen LogP contribution in [0.15, 0.2) is 0 Å². The van der Waals surface area contributed by atoms with Crippen molar-refractivity contribution in [3.8, 4) is 0 Å². The highest BCUT2D eigenvalue weighted by molar-refractivity contribution is 14.1. The molecule has 0 aliphatic carbocycles. The van der Waals surface area contributed by atoms with Gasteiger partial charge in [-0.05, 0) is 12.8 Å². The molecule has 0 fully saturated rings. The summed E-state index contributed by atoms with van der Waals surface area (Å²) in [6.45, 7) is 6.88. The molecule has 0 radical (unpaired) electrons. The third-order valence-corrected chi connectivity index (χ3v) is 1.90. The quantitative estimate of drug-likeness (QED) is 0.526. The van der Waals surface area contributed by atoms with Crippen LogP contribution in [0.4, 0.5) is 0 Å². The first kappa shape index (κ1) is 8.69. The van der Waals surface area contributed by atoms with E-state index in [0.717, 1.165) is 0 Å². The molecule has 0 atom stereocenters. The smallest absolute Gasteiger partial charge is 0.0201 e. The van der Waals surface area contributed by atoms with Gasteiger partial charge in [0.25, 0.3) is 0 Å². The van der Waals surface area contributed by atoms with E-state index in [1.165, 1.54) is 25.9 Å². The normalized spacial score (nSPS) is 10.5. The van der Waals surface area contributed by atoms with Gasteiger partial charge in [-0.2, -0.15) is 0 Å². The van der Waals surface area contributed by atoms with E-state index in [1.807, 2.05) is 0 Å². The predicted molar refractivity (Wildman–Crippen MR) is 46.2 cm³/mol. The second kappa shape index (κ2) is 5.82. The Morgan fingerprint density at radius 2 is 1.50 bits per heavy atom. The molecule has 2 heteroatoms. The number of rotatable bonds is 4. The number of hydrogen-bond acceptors (Lipinski definition) is 1. The largest absolute Gasteiger partial charge is 0.248 e. The Morgan fingerprint density at radius 1 is 1.12 bits per heavy atom. The van der Waals surface area contributed by atoms with Crippen molar-refractivity contribution < 1.29 is 0 Å². The number of hydrogen-bond donors (Lipinski definition) is 0. The van der Waals surface area contributed by atoms with Crippen LogP contribution in [0.2, 0.25) is 0 Å². The van der Waals surface area contributed by atoms with Crippen LogP contribution >= 0.6 is 22.9 Å². The van der Waals surface area contributed by atoms with Crippen LogP contribution in [0.1, 0.15) is 26.7 Å². The van der Waals surface area contributed by atoms with E-state index in [1.54, 1.807) is 0 Å². The van der Waals surface area contributed by atoms with Crippen LogP contribution in [-0.4, -0.2) is 16.2 Å². The minimum atomic E-state index is 1.23. The van der Waals surface area contributed by atoms with Gasteiger partial charge < -0.3 is 0 Å². The molecule has 0 aromatic carbocycles. The molecular weight excluding hydrogens is 213 g/mol. The van der Waals surface area contributed by atoms with E-state index < -0.39 is 0 Å². The fourth-order valence-electron chi connectivity index (χ4n) is 0.597. The van der Waals surface area contributed by atoms with Crippen molar-refractivity contribution in [3.63, 3.8) is 0 Å². The Hall–Kier alpha value is 0.690. The maximum absolute atomic E-state index is 2.37. The Labute approximate surface area is 65.9 Å². The molecule has 0 aliphatic heterocycles. The molecule has 0 aromatic heterocycles. The third kappa shape index (κ3) is 4.84. The van der Waals surface area contributed by atoms with Crippen molar-refractivity contribution in [2.75, 3.05) is 13.1 Å². The Balaban J connectivity index is 2.92. The first-order valence-electron chi connectivity index (χ1n) is 3.22. The summed E-state index contributed by atoms with van der Waals surface area (Å²) in [7, 11) is 0. The zero-order valence-corrected chi connectivity index (χ0v) is 7.81. The molecule has 0 aromatic rings. The van der Waals surface area contributed by atoms with Crippen LogP contribution in [0.25, 0.3) is 0 Å². The highest BCUT2D eigenvalue weighted by atomic mass is 127. The first-order valence-corrected chi connectivity index (χ1v) is 4.18. The van der Waals surface area contributed by atoms with Gasteiger partial charge in [0.1, 0.15) is 0 Å². The molecule has 0 unspecified atom stereocenters. The van der Waals surface area contributed by atoms with E-state index in [-0.39, 0.29) is 0 Å². The Morgan fingerprint density at radius 3 is 1.75 bits per heavy atom. The number of nitrogens with zero attached hydrogens (tertiary/aromatic N) is 1. The van der Waals surface area contributed by atoms with Gasteiger partial charge >= 0.3 is 0 Å². The lowest BCUT2D eigenvalue weighted by atomic mass is 10.4. The average molecular weight is 227 g/mol. The van der Waals surface area contributed by atoms with Crippen LogP contribution in [0.5, 0.6) is 0 Å². The van der Waals surface area contributed by atoms with Gasteiger partial charge in [0.15, 0.2) is 0 Å². The monoisotopic (exact) mass is 227 g/mol. The van der Waals surface area contributed by atoms with Crippen molar-refractivity contribution in [1.29, 1.82) is 0 Å². The van der Waals surface area contributed by atoms with Crippen LogP contribution in [0, 0.1) is 0 Å². The van der Waals surface area contributed by atoms with E-state index in [9.17, 15) is 0 Å². The van der Waals surface area contributed by atoms with Gasteiger partial charge in [0, 0.05) is 36.0 Å². The zero-order chi connectivity index (χ0) is 6.41. The van der Waals surface area contributed by atoms with Gasteiger partial charge in [-0.25, -0.2) is 3.11 Å². The lowest BCUT2D eigenvalue weighted by Crippen LogP contribution is -2.12. The van der Waals surface area contributed by atoms with Crippen LogP contribution in [-0.2, 0) is 0 Å². The summed E-state index contributed by atoms with van der Waals surface area (Å²) in [6, 6.07) is 0. The summed E-state index contributed by atoms with van der Waals surface area (Å²) < 4.78 is 2.33. The number of halogens is 1. The van der Waals surface area contributed by atoms with Gasteiger partial charge in [0.05, 0.1) is 0 Å². The maximum atomic E-state index is 2.37. The molecule has 50 valence electrons. The van der Waals surface area contributed by atoms with E-state index in [0.29, 0.717) is 0 Å². The molecule has 0 amide bonds. The molecule has 0 rings (SSSR count). The molecular formula is C6H14IN. The SMILES string of the molecule is CCCN(I)CCC. The summed E-state index contributed by atoms with van der Waals surface area (Å²) in [4.78, 5) is 0. The fourth-order valence-corrected chi connectivity index (χ4v) is 1.56. The molecule has 0 spiro atoms. The molecule has 1 nitrogen and oxygen atoms in total. The molecule has 0 aliphatic rings. The fraction of sp³-hybridized carbons (Fsp3) is 1.00. The Kier molecular flexibility index (Phi) is 6.32. The Bertz CT molecular complexity index is 41.8. The molecule has 0 bridgehead atoms. The lowest BCUT2D eigenvalue weighted by Gasteiger charge is -2.09. The highest BCUT2D eigenvalue weighted by Crippen LogP contribution is 1.99. The minimum Gasteiger partial charge on any atom is -0.248 e. The van der Waals surface area contributed by atoms with Crippen molar-refractivity contribution in [1.82, 2.24) is 3.11 Å². The van der Waals surface area contributed by atoms with Crippen molar-refractivity contribution in [2.45, 2.75) is 26.7 Å². The topological polar surface area (TPSA) is 3.24 Å². The molecule has 8 heavy (non-hydrogen) atoms. The third-order valence-electron chi connectivity index (χ3n) is 0.932. The minimum absolute atomic E-state index is 1.23. The van der Waals surface area contributed by atoms with E-state index in [4.69, 9.17) is 0 Å². The standard InChI is InChI=1S/C6H14IN/c1-3-5-8(7)6-4-2/h3-6H2,1-2H3. The molecule has 0 heterocycles. The van der Waals surface area contributed by atoms with Gasteiger partial charge in [0.2, 0.25) is 0 Å². The van der Waals surface area contributed by atoms with E-state index in [2.05, 4.69) is 39.8 Å². The first-order chi connectivity index (χ1) is 3.81. The molecule has 0 saturated heterocycles. The van der Waals surface area contributed by atoms with Crippen molar-refractivity contribution >= 4 is 22.9 Å². The summed E-state index contributed by atoms with van der Waals surface area (Å²) in [5.41, 5.74) is 0. The summed E-state index contributed by atoms with van der Waals surface area (Å²) in [5.74, 6) is 0. The van der Waals surface area contributed by atoms with Gasteiger partial charge in [-0.15, -0.1) is 0 Å². The maximum Gasteiger partial charge on any atom is 0.0201 e. The van der Waals surface area contributed by atoms with Crippen molar-refractivity contribution in [2.24, 2.45) is 0 Å². The summed E-state index contributed by atoms with van der Waals surface area (Å²) in [6.07, 6.45) is 2.53. The summed E-state index contributed by atoms with van der Waals surface area (Å²) >= 11 is 2.37. The van der Waals surface area contributed by atoms with Crippen LogP contribution < -0.4 is 0 Å². The summed E-state index contributed by atoms with van der Waals surface area (Å²) in [5, 5.41) is 0. The lowest BCUT2D eigenvalue weighted by molar-refractivity contribution is 0.503. The zero-order valence-electron chi connectivity index (χ0n) is 5.65. The van der Waals surface area contributed by atoms with Gasteiger partial charge in [-0.3, -0.25) is 0 Å². The second-order valence-electron chi connectivity index (χ2n) is 1.91. The average Bonchev–Trinajstić information content (AvgIpc) is 1.68. The van der Waals surface area contributed by atoms with E-state index >= 15 is 0 Å². The molecule has 0 N–H and O–H groups in total. The van der Waals surface area contributed by atoms with Gasteiger partial charge in [-0.1, -0.05) is 13.8 Å². The molecule has 0 saturated carbocycles.